The van der Waals surface area contributed by atoms with Crippen LogP contribution in [0, 0.1) is 11.8 Å². The standard InChI is InChI=1S/C25H21N3O6/c29-21(15-25(33)34-28-23(31)11-12-24(28)32)26-14-13-22(30)27-16-19-7-2-1-5-17(19)9-10-18-6-3-4-8-20(18)27/h1-8H,11-16H2,(H,26,29). The average Bonchev–Trinajstić information content (AvgIpc) is 3.12. The second-order valence-electron chi connectivity index (χ2n) is 7.73. The van der Waals surface area contributed by atoms with Crippen molar-refractivity contribution < 1.29 is 28.8 Å². The summed E-state index contributed by atoms with van der Waals surface area (Å²) in [4.78, 5) is 66.3. The van der Waals surface area contributed by atoms with Crippen molar-refractivity contribution in [1.29, 1.82) is 0 Å². The third-order valence-corrected chi connectivity index (χ3v) is 5.34. The van der Waals surface area contributed by atoms with Crippen LogP contribution in [0.1, 0.15) is 42.4 Å². The van der Waals surface area contributed by atoms with Crippen molar-refractivity contribution >= 4 is 35.3 Å². The third kappa shape index (κ3) is 5.13. The van der Waals surface area contributed by atoms with Gasteiger partial charge in [0.2, 0.25) is 11.8 Å². The Bertz CT molecular complexity index is 1230. The van der Waals surface area contributed by atoms with Gasteiger partial charge in [-0.05, 0) is 23.8 Å². The van der Waals surface area contributed by atoms with E-state index in [4.69, 9.17) is 0 Å². The minimum atomic E-state index is -1.03. The summed E-state index contributed by atoms with van der Waals surface area (Å²) in [5.41, 5.74) is 3.17. The molecule has 2 aromatic carbocycles. The number of anilines is 1. The molecule has 0 spiro atoms. The van der Waals surface area contributed by atoms with Crippen LogP contribution in [0.4, 0.5) is 5.69 Å². The largest absolute Gasteiger partial charge is 0.355 e. The number of hydrogen-bond acceptors (Lipinski definition) is 6. The maximum Gasteiger partial charge on any atom is 0.342 e. The zero-order valence-corrected chi connectivity index (χ0v) is 18.2. The quantitative estimate of drug-likeness (QED) is 0.397. The topological polar surface area (TPSA) is 113 Å². The van der Waals surface area contributed by atoms with E-state index in [1.807, 2.05) is 48.5 Å². The minimum absolute atomic E-state index is 0.00147. The number of rotatable bonds is 6. The average molecular weight is 459 g/mol. The number of hydroxylamine groups is 2. The van der Waals surface area contributed by atoms with Gasteiger partial charge in [-0.25, -0.2) is 4.79 Å². The summed E-state index contributed by atoms with van der Waals surface area (Å²) in [7, 11) is 0. The van der Waals surface area contributed by atoms with Crippen molar-refractivity contribution in [1.82, 2.24) is 10.4 Å². The van der Waals surface area contributed by atoms with Crippen molar-refractivity contribution in [2.75, 3.05) is 11.4 Å². The van der Waals surface area contributed by atoms with Crippen LogP contribution in [-0.2, 0) is 35.4 Å². The number of hydrogen-bond donors (Lipinski definition) is 1. The molecule has 4 rings (SSSR count). The van der Waals surface area contributed by atoms with E-state index in [0.717, 1.165) is 16.7 Å². The molecule has 9 nitrogen and oxygen atoms in total. The van der Waals surface area contributed by atoms with Crippen LogP contribution in [-0.4, -0.2) is 41.2 Å². The molecule has 0 atom stereocenters. The first-order valence-corrected chi connectivity index (χ1v) is 10.7. The number of amides is 4. The monoisotopic (exact) mass is 459 g/mol. The van der Waals surface area contributed by atoms with Crippen LogP contribution in [0.25, 0.3) is 0 Å². The van der Waals surface area contributed by atoms with Gasteiger partial charge in [-0.3, -0.25) is 19.2 Å². The predicted octanol–water partition coefficient (Wildman–Crippen LogP) is 1.44. The van der Waals surface area contributed by atoms with Gasteiger partial charge in [0, 0.05) is 36.9 Å². The van der Waals surface area contributed by atoms with E-state index in [-0.39, 0.29) is 31.7 Å². The number of fused-ring (bicyclic) bond motifs is 2. The van der Waals surface area contributed by atoms with Gasteiger partial charge in [-0.15, -0.1) is 5.06 Å². The van der Waals surface area contributed by atoms with E-state index in [2.05, 4.69) is 22.0 Å². The van der Waals surface area contributed by atoms with Crippen LogP contribution in [0.2, 0.25) is 0 Å². The second-order valence-corrected chi connectivity index (χ2v) is 7.73. The van der Waals surface area contributed by atoms with Crippen molar-refractivity contribution in [3.8, 4) is 11.8 Å². The summed E-state index contributed by atoms with van der Waals surface area (Å²) in [5.74, 6) is 3.11. The van der Waals surface area contributed by atoms with Crippen LogP contribution < -0.4 is 10.2 Å². The number of carbonyl (C=O) groups is 5. The first-order valence-electron chi connectivity index (χ1n) is 10.7. The molecule has 1 N–H and O–H groups in total. The van der Waals surface area contributed by atoms with Crippen molar-refractivity contribution in [2.45, 2.75) is 32.2 Å². The lowest BCUT2D eigenvalue weighted by Gasteiger charge is -2.26. The molecular weight excluding hydrogens is 438 g/mol. The Morgan fingerprint density at radius 2 is 1.56 bits per heavy atom. The molecule has 2 aliphatic heterocycles. The lowest BCUT2D eigenvalue weighted by molar-refractivity contribution is -0.197. The number of nitrogens with zero attached hydrogens (tertiary/aromatic N) is 2. The number of imide groups is 1. The molecule has 0 bridgehead atoms. The van der Waals surface area contributed by atoms with Gasteiger partial charge in [0.1, 0.15) is 6.42 Å². The van der Waals surface area contributed by atoms with E-state index in [0.29, 0.717) is 17.3 Å². The summed E-state index contributed by atoms with van der Waals surface area (Å²) in [5, 5.41) is 2.89. The fourth-order valence-corrected chi connectivity index (χ4v) is 3.64. The molecule has 1 saturated heterocycles. The second kappa shape index (κ2) is 10.0. The molecule has 4 amide bonds. The number of nitrogens with one attached hydrogen (secondary N) is 1. The van der Waals surface area contributed by atoms with E-state index in [1.54, 1.807) is 4.90 Å². The van der Waals surface area contributed by atoms with E-state index < -0.39 is 30.1 Å². The Labute approximate surface area is 195 Å². The van der Waals surface area contributed by atoms with Gasteiger partial charge in [0.25, 0.3) is 11.8 Å². The van der Waals surface area contributed by atoms with E-state index in [9.17, 15) is 24.0 Å². The maximum atomic E-state index is 13.1. The smallest absolute Gasteiger partial charge is 0.342 e. The highest BCUT2D eigenvalue weighted by molar-refractivity contribution is 6.03. The fraction of sp³-hybridized carbons (Fsp3) is 0.240. The summed E-state index contributed by atoms with van der Waals surface area (Å²) < 4.78 is 0. The Morgan fingerprint density at radius 3 is 2.32 bits per heavy atom. The van der Waals surface area contributed by atoms with Crippen LogP contribution in [0.3, 0.4) is 0 Å². The maximum absolute atomic E-state index is 13.1. The minimum Gasteiger partial charge on any atom is -0.355 e. The lowest BCUT2D eigenvalue weighted by Crippen LogP contribution is -2.37. The SMILES string of the molecule is O=C(CC(=O)ON1C(=O)CCC1=O)NCCC(=O)N1Cc2ccccc2C#Cc2ccccc21. The zero-order valence-electron chi connectivity index (χ0n) is 18.2. The Kier molecular flexibility index (Phi) is 6.69. The van der Waals surface area contributed by atoms with Gasteiger partial charge in [-0.1, -0.05) is 42.2 Å². The van der Waals surface area contributed by atoms with Gasteiger partial charge < -0.3 is 15.1 Å². The van der Waals surface area contributed by atoms with Gasteiger partial charge in [-0.2, -0.15) is 0 Å². The Morgan fingerprint density at radius 1 is 0.912 bits per heavy atom. The van der Waals surface area contributed by atoms with E-state index >= 15 is 0 Å². The summed E-state index contributed by atoms with van der Waals surface area (Å²) in [6, 6.07) is 15.0. The molecule has 0 unspecified atom stereocenters. The normalized spacial score (nSPS) is 14.2. The van der Waals surface area contributed by atoms with E-state index in [1.165, 1.54) is 0 Å². The number of para-hydroxylation sites is 1. The van der Waals surface area contributed by atoms with Crippen LogP contribution in [0.5, 0.6) is 0 Å². The highest BCUT2D eigenvalue weighted by Crippen LogP contribution is 2.25. The first-order chi connectivity index (χ1) is 16.4. The van der Waals surface area contributed by atoms with Crippen molar-refractivity contribution in [3.05, 3.63) is 65.2 Å². The first kappa shape index (κ1) is 22.7. The van der Waals surface area contributed by atoms with Crippen LogP contribution in [0.15, 0.2) is 48.5 Å². The summed E-state index contributed by atoms with van der Waals surface area (Å²) in [6.07, 6.45) is -0.749. The Balaban J connectivity index is 1.35. The van der Waals surface area contributed by atoms with Crippen molar-refractivity contribution in [3.63, 3.8) is 0 Å². The Hall–Kier alpha value is -4.45. The van der Waals surface area contributed by atoms with Crippen LogP contribution >= 0.6 is 0 Å². The molecule has 172 valence electrons. The highest BCUT2D eigenvalue weighted by atomic mass is 16.7. The van der Waals surface area contributed by atoms with Gasteiger partial charge in [0.15, 0.2) is 0 Å². The molecular formula is C25H21N3O6. The molecule has 0 saturated carbocycles. The number of carbonyl (C=O) groups excluding carboxylic acids is 5. The molecule has 2 heterocycles. The number of benzene rings is 2. The molecule has 2 aliphatic rings. The molecule has 2 aromatic rings. The molecule has 34 heavy (non-hydrogen) atoms. The zero-order chi connectivity index (χ0) is 24.1. The molecule has 0 aromatic heterocycles. The molecule has 0 aliphatic carbocycles. The predicted molar refractivity (Wildman–Crippen MR) is 119 cm³/mol. The highest BCUT2D eigenvalue weighted by Gasteiger charge is 2.33. The lowest BCUT2D eigenvalue weighted by atomic mass is 10.0. The molecule has 9 heteroatoms. The molecule has 0 radical (unpaired) electrons. The third-order valence-electron chi connectivity index (χ3n) is 5.34. The van der Waals surface area contributed by atoms with Crippen molar-refractivity contribution in [2.24, 2.45) is 0 Å². The fourth-order valence-electron chi connectivity index (χ4n) is 3.64. The van der Waals surface area contributed by atoms with Gasteiger partial charge in [0.05, 0.1) is 12.2 Å². The molecule has 1 fully saturated rings. The summed E-state index contributed by atoms with van der Waals surface area (Å²) >= 11 is 0. The summed E-state index contributed by atoms with van der Waals surface area (Å²) in [6.45, 7) is 0.331. The van der Waals surface area contributed by atoms with Gasteiger partial charge >= 0.3 is 5.97 Å².